The van der Waals surface area contributed by atoms with Crippen molar-refractivity contribution < 1.29 is 19.1 Å². The molecule has 0 bridgehead atoms. The van der Waals surface area contributed by atoms with Crippen molar-refractivity contribution >= 4 is 23.5 Å². The van der Waals surface area contributed by atoms with E-state index in [-0.39, 0.29) is 18.9 Å². The molecule has 0 radical (unpaired) electrons. The van der Waals surface area contributed by atoms with E-state index in [0.717, 1.165) is 11.4 Å². The third kappa shape index (κ3) is 3.02. The average molecular weight is 365 g/mol. The van der Waals surface area contributed by atoms with Gasteiger partial charge in [-0.05, 0) is 38.1 Å². The van der Waals surface area contributed by atoms with Crippen molar-refractivity contribution in [1.29, 1.82) is 0 Å². The molecule has 25 heavy (non-hydrogen) atoms. The van der Waals surface area contributed by atoms with Gasteiger partial charge in [0.1, 0.15) is 0 Å². The molecule has 1 amide bonds. The van der Waals surface area contributed by atoms with Crippen LogP contribution in [0.5, 0.6) is 0 Å². The summed E-state index contributed by atoms with van der Waals surface area (Å²) in [6, 6.07) is 9.00. The number of aliphatic carboxylic acids is 1. The van der Waals surface area contributed by atoms with Gasteiger partial charge in [0.25, 0.3) is 5.91 Å². The number of carboxylic acids is 1. The first-order valence-electron chi connectivity index (χ1n) is 7.89. The van der Waals surface area contributed by atoms with Crippen LogP contribution in [0.1, 0.15) is 28.2 Å². The fourth-order valence-electron chi connectivity index (χ4n) is 3.28. The van der Waals surface area contributed by atoms with E-state index in [1.807, 2.05) is 23.6 Å². The Morgan fingerprint density at radius 1 is 1.28 bits per heavy atom. The zero-order chi connectivity index (χ0) is 18.4. The molecule has 1 atom stereocenters. The summed E-state index contributed by atoms with van der Waals surface area (Å²) >= 11 is 6.05. The van der Waals surface area contributed by atoms with Gasteiger partial charge in [0.15, 0.2) is 0 Å². The monoisotopic (exact) mass is 364 g/mol. The molecule has 1 aliphatic heterocycles. The van der Waals surface area contributed by atoms with E-state index in [1.54, 1.807) is 25.1 Å². The fourth-order valence-corrected chi connectivity index (χ4v) is 3.47. The van der Waals surface area contributed by atoms with Crippen LogP contribution in [0, 0.1) is 13.8 Å². The molecule has 1 aromatic carbocycles. The van der Waals surface area contributed by atoms with Crippen LogP contribution in [0.25, 0.3) is 5.69 Å². The molecule has 2 aromatic rings. The van der Waals surface area contributed by atoms with E-state index in [0.29, 0.717) is 16.3 Å². The summed E-state index contributed by atoms with van der Waals surface area (Å²) in [6.45, 7) is 3.33. The summed E-state index contributed by atoms with van der Waals surface area (Å²) in [5, 5.41) is 9.57. The van der Waals surface area contributed by atoms with E-state index >= 15 is 0 Å². The van der Waals surface area contributed by atoms with Crippen LogP contribution < -0.4 is 0 Å². The third-order valence-electron chi connectivity index (χ3n) is 4.62. The van der Waals surface area contributed by atoms with E-state index in [9.17, 15) is 14.0 Å². The fraction of sp³-hybridized carbons (Fsp3) is 0.333. The second-order valence-corrected chi connectivity index (χ2v) is 6.78. The highest BCUT2D eigenvalue weighted by Gasteiger charge is 2.47. The molecule has 1 aromatic heterocycles. The molecular weight excluding hydrogens is 347 g/mol. The number of amides is 1. The highest BCUT2D eigenvalue weighted by atomic mass is 35.5. The molecule has 7 heteroatoms. The first kappa shape index (κ1) is 17.5. The molecule has 0 saturated carbocycles. The zero-order valence-corrected chi connectivity index (χ0v) is 14.7. The summed E-state index contributed by atoms with van der Waals surface area (Å²) in [7, 11) is 0. The standard InChI is InChI=1S/C18H18ClFN2O3/c1-11-8-15(12(2)22(11)14-5-3-4-13(19)9-14)16(23)21-7-6-18(20,10-21)17(24)25/h3-5,8-9H,6-7,10H2,1-2H3,(H,24,25). The Hall–Kier alpha value is -2.34. The summed E-state index contributed by atoms with van der Waals surface area (Å²) in [5.74, 6) is -1.88. The van der Waals surface area contributed by atoms with Crippen LogP contribution in [0.3, 0.4) is 0 Å². The van der Waals surface area contributed by atoms with Gasteiger partial charge >= 0.3 is 5.97 Å². The summed E-state index contributed by atoms with van der Waals surface area (Å²) in [6.07, 6.45) is -0.193. The minimum absolute atomic E-state index is 0.0858. The molecule has 132 valence electrons. The number of likely N-dealkylation sites (tertiary alicyclic amines) is 1. The van der Waals surface area contributed by atoms with E-state index in [1.165, 1.54) is 4.90 Å². The Kier molecular flexibility index (Phi) is 4.33. The molecule has 0 spiro atoms. The highest BCUT2D eigenvalue weighted by molar-refractivity contribution is 6.30. The number of hydrogen-bond acceptors (Lipinski definition) is 2. The molecule has 1 saturated heterocycles. The minimum atomic E-state index is -2.37. The number of hydrogen-bond donors (Lipinski definition) is 1. The van der Waals surface area contributed by atoms with Gasteiger partial charge < -0.3 is 14.6 Å². The number of carboxylic acid groups (broad SMARTS) is 1. The van der Waals surface area contributed by atoms with Crippen LogP contribution >= 0.6 is 11.6 Å². The second kappa shape index (κ2) is 6.19. The summed E-state index contributed by atoms with van der Waals surface area (Å²) in [5.41, 5.74) is 0.442. The van der Waals surface area contributed by atoms with Gasteiger partial charge in [-0.15, -0.1) is 0 Å². The van der Waals surface area contributed by atoms with Crippen molar-refractivity contribution in [2.75, 3.05) is 13.1 Å². The lowest BCUT2D eigenvalue weighted by Gasteiger charge is -2.18. The van der Waals surface area contributed by atoms with Crippen molar-refractivity contribution in [3.63, 3.8) is 0 Å². The molecular formula is C18H18ClFN2O3. The maximum Gasteiger partial charge on any atom is 0.343 e. The van der Waals surface area contributed by atoms with Gasteiger partial charge in [0.05, 0.1) is 12.1 Å². The van der Waals surface area contributed by atoms with Crippen molar-refractivity contribution in [2.24, 2.45) is 0 Å². The van der Waals surface area contributed by atoms with Crippen molar-refractivity contribution in [2.45, 2.75) is 25.9 Å². The predicted molar refractivity (Wildman–Crippen MR) is 92.2 cm³/mol. The average Bonchev–Trinajstić information content (AvgIpc) is 3.08. The summed E-state index contributed by atoms with van der Waals surface area (Å²) in [4.78, 5) is 25.1. The Balaban J connectivity index is 1.93. The molecule has 3 rings (SSSR count). The van der Waals surface area contributed by atoms with E-state index in [2.05, 4.69) is 0 Å². The Bertz CT molecular complexity index is 864. The van der Waals surface area contributed by atoms with Gasteiger partial charge in [-0.1, -0.05) is 17.7 Å². The number of nitrogens with zero attached hydrogens (tertiary/aromatic N) is 2. The molecule has 1 aliphatic rings. The molecule has 1 unspecified atom stereocenters. The Morgan fingerprint density at radius 2 is 2.00 bits per heavy atom. The largest absolute Gasteiger partial charge is 0.479 e. The SMILES string of the molecule is Cc1cc(C(=O)N2CCC(F)(C(=O)O)C2)c(C)n1-c1cccc(Cl)c1. The topological polar surface area (TPSA) is 62.5 Å². The van der Waals surface area contributed by atoms with Crippen LogP contribution in [0.4, 0.5) is 4.39 Å². The van der Waals surface area contributed by atoms with Crippen molar-refractivity contribution in [3.8, 4) is 5.69 Å². The number of alkyl halides is 1. The predicted octanol–water partition coefficient (Wildman–Crippen LogP) is 3.39. The van der Waals surface area contributed by atoms with Crippen molar-refractivity contribution in [3.05, 3.63) is 52.3 Å². The van der Waals surface area contributed by atoms with Gasteiger partial charge in [0, 0.05) is 35.1 Å². The van der Waals surface area contributed by atoms with Crippen LogP contribution in [-0.4, -0.2) is 45.2 Å². The smallest absolute Gasteiger partial charge is 0.343 e. The number of carbonyl (C=O) groups excluding carboxylic acids is 1. The van der Waals surface area contributed by atoms with Crippen molar-refractivity contribution in [1.82, 2.24) is 9.47 Å². The first-order chi connectivity index (χ1) is 11.7. The van der Waals surface area contributed by atoms with Gasteiger partial charge in [-0.25, -0.2) is 9.18 Å². The van der Waals surface area contributed by atoms with Crippen LogP contribution in [-0.2, 0) is 4.79 Å². The number of rotatable bonds is 3. The lowest BCUT2D eigenvalue weighted by atomic mass is 10.1. The molecule has 2 heterocycles. The number of aromatic nitrogens is 1. The highest BCUT2D eigenvalue weighted by Crippen LogP contribution is 2.29. The van der Waals surface area contributed by atoms with Crippen LogP contribution in [0.15, 0.2) is 30.3 Å². The van der Waals surface area contributed by atoms with Gasteiger partial charge in [-0.3, -0.25) is 4.79 Å². The maximum atomic E-state index is 14.2. The minimum Gasteiger partial charge on any atom is -0.479 e. The Labute approximate surface area is 149 Å². The first-order valence-corrected chi connectivity index (χ1v) is 8.27. The third-order valence-corrected chi connectivity index (χ3v) is 4.85. The number of carbonyl (C=O) groups is 2. The second-order valence-electron chi connectivity index (χ2n) is 6.35. The molecule has 0 aliphatic carbocycles. The molecule has 1 fully saturated rings. The number of aryl methyl sites for hydroxylation is 1. The Morgan fingerprint density at radius 3 is 2.60 bits per heavy atom. The lowest BCUT2D eigenvalue weighted by molar-refractivity contribution is -0.149. The number of halogens is 2. The normalized spacial score (nSPS) is 20.1. The maximum absolute atomic E-state index is 14.2. The van der Waals surface area contributed by atoms with E-state index < -0.39 is 18.2 Å². The quantitative estimate of drug-likeness (QED) is 0.908. The zero-order valence-electron chi connectivity index (χ0n) is 13.9. The lowest BCUT2D eigenvalue weighted by Crippen LogP contribution is -2.39. The summed E-state index contributed by atoms with van der Waals surface area (Å²) < 4.78 is 16.1. The molecule has 1 N–H and O–H groups in total. The van der Waals surface area contributed by atoms with E-state index in [4.69, 9.17) is 16.7 Å². The van der Waals surface area contributed by atoms with Crippen LogP contribution in [0.2, 0.25) is 5.02 Å². The molecule has 5 nitrogen and oxygen atoms in total. The number of benzene rings is 1. The van der Waals surface area contributed by atoms with Gasteiger partial charge in [0.2, 0.25) is 5.67 Å². The van der Waals surface area contributed by atoms with Gasteiger partial charge in [-0.2, -0.15) is 0 Å².